The van der Waals surface area contributed by atoms with Gasteiger partial charge in [-0.25, -0.2) is 4.68 Å². The lowest BCUT2D eigenvalue weighted by Gasteiger charge is -2.00. The molecule has 0 amide bonds. The molecule has 0 spiro atoms. The number of non-ortho nitro benzene ring substituents is 1. The Morgan fingerprint density at radius 1 is 1.42 bits per heavy atom. The first-order valence-corrected chi connectivity index (χ1v) is 5.92. The molecule has 0 unspecified atom stereocenters. The molecule has 1 aromatic carbocycles. The van der Waals surface area contributed by atoms with Gasteiger partial charge in [0.15, 0.2) is 0 Å². The number of rotatable bonds is 6. The Balaban J connectivity index is 2.06. The maximum Gasteiger partial charge on any atom is 0.269 e. The number of nitro groups is 1. The van der Waals surface area contributed by atoms with Crippen molar-refractivity contribution in [2.24, 2.45) is 0 Å². The van der Waals surface area contributed by atoms with Gasteiger partial charge in [-0.05, 0) is 18.4 Å². The van der Waals surface area contributed by atoms with Crippen molar-refractivity contribution in [3.8, 4) is 0 Å². The van der Waals surface area contributed by atoms with Gasteiger partial charge in [0.1, 0.15) is 0 Å². The summed E-state index contributed by atoms with van der Waals surface area (Å²) in [5, 5.41) is 27.3. The van der Waals surface area contributed by atoms with Gasteiger partial charge in [-0.2, -0.15) is 0 Å². The number of benzene rings is 1. The molecule has 0 aliphatic rings. The van der Waals surface area contributed by atoms with Crippen LogP contribution in [0.5, 0.6) is 0 Å². The van der Waals surface area contributed by atoms with Gasteiger partial charge in [-0.3, -0.25) is 10.1 Å². The predicted molar refractivity (Wildman–Crippen MR) is 67.6 cm³/mol. The zero-order valence-electron chi connectivity index (χ0n) is 10.3. The minimum absolute atomic E-state index is 0.0677. The SMILES string of the molecule is O=[N+]([O-])c1cccc(Cn2cc(CCCO)nn2)c1. The quantitative estimate of drug-likeness (QED) is 0.622. The van der Waals surface area contributed by atoms with Crippen LogP contribution in [0.3, 0.4) is 0 Å². The van der Waals surface area contributed by atoms with Gasteiger partial charge in [-0.15, -0.1) is 5.10 Å². The number of hydrogen-bond donors (Lipinski definition) is 1. The van der Waals surface area contributed by atoms with Crippen LogP contribution in [0.1, 0.15) is 17.7 Å². The summed E-state index contributed by atoms with van der Waals surface area (Å²) in [4.78, 5) is 10.3. The molecule has 0 atom stereocenters. The summed E-state index contributed by atoms with van der Waals surface area (Å²) in [6.07, 6.45) is 3.11. The van der Waals surface area contributed by atoms with Crippen LogP contribution in [0.25, 0.3) is 0 Å². The topological polar surface area (TPSA) is 94.1 Å². The molecular formula is C12H14N4O3. The van der Waals surface area contributed by atoms with Crippen molar-refractivity contribution in [2.45, 2.75) is 19.4 Å². The van der Waals surface area contributed by atoms with Crippen molar-refractivity contribution in [3.63, 3.8) is 0 Å². The first-order chi connectivity index (χ1) is 9.19. The summed E-state index contributed by atoms with van der Waals surface area (Å²) >= 11 is 0. The minimum Gasteiger partial charge on any atom is -0.396 e. The maximum absolute atomic E-state index is 10.7. The van der Waals surface area contributed by atoms with Gasteiger partial charge < -0.3 is 5.11 Å². The fourth-order valence-corrected chi connectivity index (χ4v) is 1.75. The highest BCUT2D eigenvalue weighted by atomic mass is 16.6. The lowest BCUT2D eigenvalue weighted by atomic mass is 10.2. The largest absolute Gasteiger partial charge is 0.396 e. The number of aryl methyl sites for hydroxylation is 1. The Morgan fingerprint density at radius 2 is 2.26 bits per heavy atom. The van der Waals surface area contributed by atoms with E-state index in [1.807, 2.05) is 6.07 Å². The summed E-state index contributed by atoms with van der Waals surface area (Å²) < 4.78 is 1.63. The normalized spacial score (nSPS) is 10.6. The molecule has 19 heavy (non-hydrogen) atoms. The molecule has 1 heterocycles. The van der Waals surface area contributed by atoms with Gasteiger partial charge in [0.05, 0.1) is 17.2 Å². The van der Waals surface area contributed by atoms with Crippen LogP contribution in [-0.2, 0) is 13.0 Å². The van der Waals surface area contributed by atoms with E-state index in [0.717, 1.165) is 11.3 Å². The molecular weight excluding hydrogens is 248 g/mol. The van der Waals surface area contributed by atoms with Gasteiger partial charge >= 0.3 is 0 Å². The van der Waals surface area contributed by atoms with E-state index in [1.54, 1.807) is 16.9 Å². The molecule has 1 aromatic heterocycles. The molecule has 0 saturated heterocycles. The Kier molecular flexibility index (Phi) is 4.19. The summed E-state index contributed by atoms with van der Waals surface area (Å²) in [6.45, 7) is 0.561. The second kappa shape index (κ2) is 6.05. The second-order valence-corrected chi connectivity index (χ2v) is 4.16. The lowest BCUT2D eigenvalue weighted by Crippen LogP contribution is -2.01. The molecule has 0 saturated carbocycles. The third kappa shape index (κ3) is 3.59. The monoisotopic (exact) mass is 262 g/mol. The van der Waals surface area contributed by atoms with Crippen LogP contribution in [-0.4, -0.2) is 31.6 Å². The molecule has 100 valence electrons. The zero-order chi connectivity index (χ0) is 13.7. The molecule has 0 aliphatic heterocycles. The van der Waals surface area contributed by atoms with Crippen LogP contribution < -0.4 is 0 Å². The van der Waals surface area contributed by atoms with E-state index in [0.29, 0.717) is 19.4 Å². The first kappa shape index (κ1) is 13.2. The molecule has 2 rings (SSSR count). The molecule has 0 radical (unpaired) electrons. The fraction of sp³-hybridized carbons (Fsp3) is 0.333. The van der Waals surface area contributed by atoms with Crippen LogP contribution in [0, 0.1) is 10.1 Å². The lowest BCUT2D eigenvalue weighted by molar-refractivity contribution is -0.384. The van der Waals surface area contributed by atoms with Crippen LogP contribution >= 0.6 is 0 Å². The predicted octanol–water partition coefficient (Wildman–Crippen LogP) is 1.16. The molecule has 1 N–H and O–H groups in total. The summed E-state index contributed by atoms with van der Waals surface area (Å²) in [5.41, 5.74) is 1.67. The third-order valence-corrected chi connectivity index (χ3v) is 2.64. The number of hydrogen-bond acceptors (Lipinski definition) is 5. The van der Waals surface area contributed by atoms with E-state index < -0.39 is 4.92 Å². The third-order valence-electron chi connectivity index (χ3n) is 2.64. The van der Waals surface area contributed by atoms with Crippen molar-refractivity contribution in [3.05, 3.63) is 51.8 Å². The van der Waals surface area contributed by atoms with E-state index in [2.05, 4.69) is 10.3 Å². The molecule has 7 nitrogen and oxygen atoms in total. The van der Waals surface area contributed by atoms with Crippen molar-refractivity contribution >= 4 is 5.69 Å². The zero-order valence-corrected chi connectivity index (χ0v) is 10.3. The van der Waals surface area contributed by atoms with E-state index in [9.17, 15) is 10.1 Å². The standard InChI is InChI=1S/C12H14N4O3/c17-6-2-4-11-9-15(14-13-11)8-10-3-1-5-12(7-10)16(18)19/h1,3,5,7,9,17H,2,4,6,8H2. The number of nitro benzene ring substituents is 1. The van der Waals surface area contributed by atoms with Crippen LogP contribution in [0.15, 0.2) is 30.5 Å². The van der Waals surface area contributed by atoms with E-state index in [4.69, 9.17) is 5.11 Å². The average molecular weight is 262 g/mol. The number of aliphatic hydroxyl groups excluding tert-OH is 1. The van der Waals surface area contributed by atoms with E-state index in [1.165, 1.54) is 12.1 Å². The Bertz CT molecular complexity index is 568. The number of nitrogens with zero attached hydrogens (tertiary/aromatic N) is 4. The van der Waals surface area contributed by atoms with Gasteiger partial charge in [0.25, 0.3) is 5.69 Å². The van der Waals surface area contributed by atoms with E-state index >= 15 is 0 Å². The Hall–Kier alpha value is -2.28. The first-order valence-electron chi connectivity index (χ1n) is 5.92. The van der Waals surface area contributed by atoms with Crippen molar-refractivity contribution in [1.29, 1.82) is 0 Å². The summed E-state index contributed by atoms with van der Waals surface area (Å²) in [5.74, 6) is 0. The molecule has 0 bridgehead atoms. The van der Waals surface area contributed by atoms with Crippen molar-refractivity contribution in [1.82, 2.24) is 15.0 Å². The Morgan fingerprint density at radius 3 is 3.00 bits per heavy atom. The molecule has 0 fully saturated rings. The summed E-state index contributed by atoms with van der Waals surface area (Å²) in [7, 11) is 0. The van der Waals surface area contributed by atoms with Gasteiger partial charge in [0, 0.05) is 24.9 Å². The highest BCUT2D eigenvalue weighted by Crippen LogP contribution is 2.13. The molecule has 0 aliphatic carbocycles. The van der Waals surface area contributed by atoms with E-state index in [-0.39, 0.29) is 12.3 Å². The number of aromatic nitrogens is 3. The van der Waals surface area contributed by atoms with Gasteiger partial charge in [-0.1, -0.05) is 17.3 Å². The molecule has 7 heteroatoms. The number of aliphatic hydroxyl groups is 1. The van der Waals surface area contributed by atoms with Crippen molar-refractivity contribution < 1.29 is 10.0 Å². The van der Waals surface area contributed by atoms with Crippen LogP contribution in [0.2, 0.25) is 0 Å². The Labute approximate surface area is 109 Å². The smallest absolute Gasteiger partial charge is 0.269 e. The second-order valence-electron chi connectivity index (χ2n) is 4.16. The highest BCUT2D eigenvalue weighted by molar-refractivity contribution is 5.34. The summed E-state index contributed by atoms with van der Waals surface area (Å²) in [6, 6.07) is 6.44. The molecule has 2 aromatic rings. The highest BCUT2D eigenvalue weighted by Gasteiger charge is 2.07. The maximum atomic E-state index is 10.7. The average Bonchev–Trinajstić information content (AvgIpc) is 2.84. The minimum atomic E-state index is -0.419. The van der Waals surface area contributed by atoms with Crippen molar-refractivity contribution in [2.75, 3.05) is 6.61 Å². The van der Waals surface area contributed by atoms with Gasteiger partial charge in [0.2, 0.25) is 0 Å². The fourth-order valence-electron chi connectivity index (χ4n) is 1.75. The van der Waals surface area contributed by atoms with Crippen LogP contribution in [0.4, 0.5) is 5.69 Å².